The number of pyridine rings is 1. The number of hydrogen-bond acceptors (Lipinski definition) is 10. The molecule has 0 aliphatic carbocycles. The summed E-state index contributed by atoms with van der Waals surface area (Å²) in [6.45, 7) is 8.31. The molecule has 276 valence electrons. The van der Waals surface area contributed by atoms with E-state index in [1.54, 1.807) is 16.2 Å². The van der Waals surface area contributed by atoms with Crippen molar-refractivity contribution in [3.8, 4) is 16.8 Å². The van der Waals surface area contributed by atoms with Crippen LogP contribution in [0, 0.1) is 31.6 Å². The highest BCUT2D eigenvalue weighted by molar-refractivity contribution is 7.15. The van der Waals surface area contributed by atoms with E-state index in [1.807, 2.05) is 61.7 Å². The third kappa shape index (κ3) is 6.60. The van der Waals surface area contributed by atoms with Gasteiger partial charge in [-0.05, 0) is 73.6 Å². The second-order valence-corrected chi connectivity index (χ2v) is 15.8. The predicted octanol–water partition coefficient (Wildman–Crippen LogP) is 5.05. The first-order valence-electron chi connectivity index (χ1n) is 18.3. The third-order valence-corrected chi connectivity index (χ3v) is 12.1. The molecule has 1 atom stereocenters. The van der Waals surface area contributed by atoms with Crippen LogP contribution in [0.25, 0.3) is 5.00 Å². The van der Waals surface area contributed by atoms with Gasteiger partial charge in [-0.3, -0.25) is 34.2 Å². The molecule has 14 heteroatoms. The van der Waals surface area contributed by atoms with Gasteiger partial charge in [0, 0.05) is 84.2 Å². The number of benzene rings is 2. The first-order chi connectivity index (χ1) is 26.7. The van der Waals surface area contributed by atoms with E-state index in [4.69, 9.17) is 16.6 Å². The summed E-state index contributed by atoms with van der Waals surface area (Å²) in [7, 11) is 0. The van der Waals surface area contributed by atoms with E-state index in [0.717, 1.165) is 86.9 Å². The lowest BCUT2D eigenvalue weighted by molar-refractivity contribution is -0.136. The molecule has 0 saturated carbocycles. The van der Waals surface area contributed by atoms with Crippen LogP contribution in [0.3, 0.4) is 0 Å². The molecule has 2 saturated heterocycles. The zero-order chi connectivity index (χ0) is 37.8. The van der Waals surface area contributed by atoms with Crippen LogP contribution < -0.4 is 10.6 Å². The molecule has 3 amide bonds. The lowest BCUT2D eigenvalue weighted by Gasteiger charge is -2.39. The van der Waals surface area contributed by atoms with E-state index >= 15 is 0 Å². The van der Waals surface area contributed by atoms with Gasteiger partial charge in [0.15, 0.2) is 5.82 Å². The largest absolute Gasteiger partial charge is 0.384 e. The normalized spacial score (nSPS) is 18.0. The van der Waals surface area contributed by atoms with Crippen LogP contribution >= 0.6 is 22.9 Å². The molecule has 4 aliphatic heterocycles. The molecule has 2 N–H and O–H groups in total. The minimum Gasteiger partial charge on any atom is -0.384 e. The maximum atomic E-state index is 13.2. The molecular weight excluding hydrogens is 734 g/mol. The number of imide groups is 1. The van der Waals surface area contributed by atoms with Crippen LogP contribution in [-0.2, 0) is 29.2 Å². The van der Waals surface area contributed by atoms with Crippen LogP contribution in [0.5, 0.6) is 0 Å². The topological polar surface area (TPSA) is 138 Å². The van der Waals surface area contributed by atoms with E-state index < -0.39 is 11.9 Å². The molecule has 3 aromatic heterocycles. The molecule has 1 unspecified atom stereocenters. The number of likely N-dealkylation sites (tertiary alicyclic amines) is 1. The molecule has 0 bridgehead atoms. The Balaban J connectivity index is 0.824. The van der Waals surface area contributed by atoms with Crippen LogP contribution in [0.1, 0.15) is 73.2 Å². The molecule has 55 heavy (non-hydrogen) atoms. The number of aliphatic imine (C=N–C) groups is 1. The van der Waals surface area contributed by atoms with Gasteiger partial charge in [-0.1, -0.05) is 35.9 Å². The van der Waals surface area contributed by atoms with Crippen LogP contribution in [-0.4, -0.2) is 78.7 Å². The summed E-state index contributed by atoms with van der Waals surface area (Å²) in [6.07, 6.45) is 2.49. The molecule has 0 radical (unpaired) electrons. The number of nitrogens with one attached hydrogen (secondary N) is 2. The van der Waals surface area contributed by atoms with Gasteiger partial charge in [-0.2, -0.15) is 0 Å². The lowest BCUT2D eigenvalue weighted by atomic mass is 9.98. The number of piperidine rings is 1. The van der Waals surface area contributed by atoms with Crippen LogP contribution in [0.2, 0.25) is 5.02 Å². The SMILES string of the molecule is Cc1c(C#Cc2ccc(CN3CC(CNc4cccc5c4CN(C4CCC(=O)NC4=O)C5=O)C3)cn2)sc2c1C(c1ccc(Cl)cc1)=NCc1nnc(C)n1-2. The summed E-state index contributed by atoms with van der Waals surface area (Å²) in [5.74, 6) is 7.90. The Kier molecular flexibility index (Phi) is 9.04. The first-order valence-corrected chi connectivity index (χ1v) is 19.4. The zero-order valence-corrected chi connectivity index (χ0v) is 31.8. The number of aromatic nitrogens is 4. The highest BCUT2D eigenvalue weighted by Crippen LogP contribution is 2.37. The van der Waals surface area contributed by atoms with Crippen molar-refractivity contribution in [3.63, 3.8) is 0 Å². The smallest absolute Gasteiger partial charge is 0.255 e. The third-order valence-electron chi connectivity index (χ3n) is 10.7. The molecule has 4 aliphatic rings. The summed E-state index contributed by atoms with van der Waals surface area (Å²) in [5.41, 5.74) is 8.24. The first kappa shape index (κ1) is 35.0. The van der Waals surface area contributed by atoms with E-state index in [9.17, 15) is 14.4 Å². The maximum absolute atomic E-state index is 13.2. The summed E-state index contributed by atoms with van der Waals surface area (Å²) < 4.78 is 2.09. The number of carbonyl (C=O) groups excluding carboxylic acids is 3. The second-order valence-electron chi connectivity index (χ2n) is 14.4. The van der Waals surface area contributed by atoms with Gasteiger partial charge >= 0.3 is 0 Å². The summed E-state index contributed by atoms with van der Waals surface area (Å²) in [5, 5.41) is 16.3. The van der Waals surface area contributed by atoms with Crippen LogP contribution in [0.4, 0.5) is 5.69 Å². The Morgan fingerprint density at radius 2 is 1.85 bits per heavy atom. The predicted molar refractivity (Wildman–Crippen MR) is 209 cm³/mol. The molecule has 9 rings (SSSR count). The number of nitrogens with zero attached hydrogens (tertiary/aromatic N) is 7. The van der Waals surface area contributed by atoms with Gasteiger partial charge in [-0.15, -0.1) is 21.5 Å². The minimum atomic E-state index is -0.624. The fourth-order valence-corrected chi connectivity index (χ4v) is 9.17. The van der Waals surface area contributed by atoms with Gasteiger partial charge in [0.2, 0.25) is 11.8 Å². The number of thiophene rings is 1. The molecule has 12 nitrogen and oxygen atoms in total. The average Bonchev–Trinajstić information content (AvgIpc) is 3.77. The quantitative estimate of drug-likeness (QED) is 0.174. The van der Waals surface area contributed by atoms with E-state index in [2.05, 4.69) is 60.1 Å². The van der Waals surface area contributed by atoms with Crippen molar-refractivity contribution in [1.29, 1.82) is 0 Å². The lowest BCUT2D eigenvalue weighted by Crippen LogP contribution is -2.52. The van der Waals surface area contributed by atoms with Gasteiger partial charge < -0.3 is 10.2 Å². The number of amides is 3. The van der Waals surface area contributed by atoms with E-state index in [0.29, 0.717) is 41.7 Å². The van der Waals surface area contributed by atoms with Gasteiger partial charge in [0.25, 0.3) is 5.91 Å². The van der Waals surface area contributed by atoms with Crippen molar-refractivity contribution >= 4 is 52.1 Å². The molecule has 7 heterocycles. The Morgan fingerprint density at radius 1 is 1.02 bits per heavy atom. The van der Waals surface area contributed by atoms with Crippen molar-refractivity contribution < 1.29 is 14.4 Å². The summed E-state index contributed by atoms with van der Waals surface area (Å²) in [6, 6.07) is 16.9. The number of rotatable bonds is 7. The van der Waals surface area contributed by atoms with Crippen molar-refractivity contribution in [1.82, 2.24) is 34.9 Å². The monoisotopic (exact) mass is 769 g/mol. The Hall–Kier alpha value is -5.68. The fraction of sp³-hybridized carbons (Fsp3) is 0.293. The Labute approximate surface area is 326 Å². The van der Waals surface area contributed by atoms with Crippen molar-refractivity contribution in [2.24, 2.45) is 10.9 Å². The Bertz CT molecular complexity index is 2470. The highest BCUT2D eigenvalue weighted by atomic mass is 35.5. The number of hydrogen-bond donors (Lipinski definition) is 2. The van der Waals surface area contributed by atoms with Crippen LogP contribution in [0.15, 0.2) is 65.8 Å². The fourth-order valence-electron chi connectivity index (χ4n) is 7.81. The molecule has 5 aromatic rings. The number of aryl methyl sites for hydroxylation is 1. The molecule has 0 spiro atoms. The minimum absolute atomic E-state index is 0.162. The number of carbonyl (C=O) groups is 3. The number of halogens is 1. The summed E-state index contributed by atoms with van der Waals surface area (Å²) >= 11 is 7.82. The average molecular weight is 770 g/mol. The Morgan fingerprint density at radius 3 is 2.64 bits per heavy atom. The van der Waals surface area contributed by atoms with Gasteiger partial charge in [-0.25, -0.2) is 4.98 Å². The highest BCUT2D eigenvalue weighted by Gasteiger charge is 2.40. The zero-order valence-electron chi connectivity index (χ0n) is 30.2. The molecule has 2 aromatic carbocycles. The van der Waals surface area contributed by atoms with Crippen molar-refractivity contribution in [2.45, 2.75) is 52.4 Å². The van der Waals surface area contributed by atoms with Gasteiger partial charge in [0.05, 0.1) is 10.6 Å². The molecular formula is C41H36ClN9O3S. The molecule has 2 fully saturated rings. The second kappa shape index (κ2) is 14.2. The van der Waals surface area contributed by atoms with Crippen molar-refractivity contribution in [3.05, 3.63) is 121 Å². The summed E-state index contributed by atoms with van der Waals surface area (Å²) in [4.78, 5) is 51.9. The van der Waals surface area contributed by atoms with E-state index in [1.165, 1.54) is 0 Å². The number of fused-ring (bicyclic) bond motifs is 4. The maximum Gasteiger partial charge on any atom is 0.255 e. The number of anilines is 1. The van der Waals surface area contributed by atoms with Gasteiger partial charge in [0.1, 0.15) is 29.1 Å². The van der Waals surface area contributed by atoms with Crippen molar-refractivity contribution in [2.75, 3.05) is 25.0 Å². The standard InChI is InChI=1S/C41H36ClN9O3S/c1-23-34(55-41-37(23)38(27-7-9-28(42)10-8-27)45-18-35-48-47-24(2)51(35)41)14-12-29-11-6-25(16-43-29)19-49-20-26(21-49)17-44-32-5-3-4-30-31(32)22-50(40(30)54)33-13-15-36(52)46-39(33)53/h3-11,16,26,33,44H,13,15,17-22H2,1-2H3,(H,46,52,53). The van der Waals surface area contributed by atoms with E-state index in [-0.39, 0.29) is 18.2 Å².